The Morgan fingerprint density at radius 1 is 1.06 bits per heavy atom. The second-order valence-electron chi connectivity index (χ2n) is 7.83. The summed E-state index contributed by atoms with van der Waals surface area (Å²) < 4.78 is 9.05. The molecule has 0 unspecified atom stereocenters. The van der Waals surface area contributed by atoms with Crippen LogP contribution >= 0.6 is 15.9 Å². The van der Waals surface area contributed by atoms with Gasteiger partial charge in [0.2, 0.25) is 0 Å². The number of carbonyl (C=O) groups is 1. The Bertz CT molecular complexity index is 1250. The molecule has 0 radical (unpaired) electrons. The predicted octanol–water partition coefficient (Wildman–Crippen LogP) is 5.81. The molecule has 0 fully saturated rings. The van der Waals surface area contributed by atoms with E-state index in [1.807, 2.05) is 42.5 Å². The van der Waals surface area contributed by atoms with Crippen molar-refractivity contribution in [2.45, 2.75) is 33.4 Å². The number of nitrogens with one attached hydrogen (secondary N) is 1. The molecule has 32 heavy (non-hydrogen) atoms. The fourth-order valence-corrected chi connectivity index (χ4v) is 4.17. The molecule has 0 saturated carbocycles. The molecule has 0 atom stereocenters. The summed E-state index contributed by atoms with van der Waals surface area (Å²) in [4.78, 5) is 17.3. The van der Waals surface area contributed by atoms with E-state index in [4.69, 9.17) is 9.72 Å². The Morgan fingerprint density at radius 3 is 2.72 bits per heavy atom. The first-order chi connectivity index (χ1) is 15.5. The van der Waals surface area contributed by atoms with Crippen molar-refractivity contribution in [2.24, 2.45) is 0 Å². The van der Waals surface area contributed by atoms with Gasteiger partial charge in [0, 0.05) is 16.6 Å². The molecule has 5 nitrogen and oxygen atoms in total. The molecule has 1 amide bonds. The van der Waals surface area contributed by atoms with Crippen LogP contribution in [0.3, 0.4) is 0 Å². The molecule has 6 heteroatoms. The van der Waals surface area contributed by atoms with Crippen molar-refractivity contribution in [2.75, 3.05) is 6.61 Å². The lowest BCUT2D eigenvalue weighted by atomic mass is 10.1. The molecule has 0 aliphatic heterocycles. The molecule has 0 aliphatic carbocycles. The van der Waals surface area contributed by atoms with Gasteiger partial charge in [-0.15, -0.1) is 0 Å². The van der Waals surface area contributed by atoms with Gasteiger partial charge in [0.05, 0.1) is 24.2 Å². The van der Waals surface area contributed by atoms with Gasteiger partial charge >= 0.3 is 0 Å². The summed E-state index contributed by atoms with van der Waals surface area (Å²) in [5.74, 6) is 1.64. The van der Waals surface area contributed by atoms with E-state index in [-0.39, 0.29) is 5.91 Å². The maximum Gasteiger partial charge on any atom is 0.251 e. The highest BCUT2D eigenvalue weighted by molar-refractivity contribution is 9.10. The lowest BCUT2D eigenvalue weighted by Gasteiger charge is -2.12. The van der Waals surface area contributed by atoms with E-state index in [0.29, 0.717) is 18.7 Å². The molecule has 164 valence electrons. The van der Waals surface area contributed by atoms with Crippen molar-refractivity contribution in [1.82, 2.24) is 14.9 Å². The van der Waals surface area contributed by atoms with Crippen LogP contribution in [0.1, 0.15) is 33.7 Å². The molecule has 0 bridgehead atoms. The van der Waals surface area contributed by atoms with Crippen LogP contribution in [-0.4, -0.2) is 22.1 Å². The predicted molar refractivity (Wildman–Crippen MR) is 131 cm³/mol. The highest BCUT2D eigenvalue weighted by atomic mass is 79.9. The summed E-state index contributed by atoms with van der Waals surface area (Å²) in [5, 5.41) is 3.00. The Kier molecular flexibility index (Phi) is 6.90. The quantitative estimate of drug-likeness (QED) is 0.316. The van der Waals surface area contributed by atoms with Gasteiger partial charge in [0.25, 0.3) is 5.91 Å². The van der Waals surface area contributed by atoms with Crippen molar-refractivity contribution >= 4 is 32.9 Å². The Morgan fingerprint density at radius 2 is 1.91 bits per heavy atom. The van der Waals surface area contributed by atoms with Crippen molar-refractivity contribution in [1.29, 1.82) is 0 Å². The molecule has 4 rings (SSSR count). The fourth-order valence-electron chi connectivity index (χ4n) is 3.77. The summed E-state index contributed by atoms with van der Waals surface area (Å²) in [7, 11) is 0. The number of aromatic nitrogens is 2. The van der Waals surface area contributed by atoms with Crippen LogP contribution in [0.4, 0.5) is 0 Å². The topological polar surface area (TPSA) is 56.1 Å². The number of benzene rings is 3. The summed E-state index contributed by atoms with van der Waals surface area (Å²) in [6.07, 6.45) is 0.834. The zero-order valence-corrected chi connectivity index (χ0v) is 19.9. The minimum Gasteiger partial charge on any atom is -0.493 e. The normalized spacial score (nSPS) is 11.0. The monoisotopic (exact) mass is 491 g/mol. The molecular weight excluding hydrogens is 466 g/mol. The van der Waals surface area contributed by atoms with Crippen LogP contribution < -0.4 is 10.1 Å². The van der Waals surface area contributed by atoms with Gasteiger partial charge in [-0.1, -0.05) is 51.8 Å². The Balaban J connectivity index is 1.43. The number of hydrogen-bond acceptors (Lipinski definition) is 3. The van der Waals surface area contributed by atoms with Gasteiger partial charge in [0.15, 0.2) is 0 Å². The summed E-state index contributed by atoms with van der Waals surface area (Å²) in [5.41, 5.74) is 4.98. The Hall–Kier alpha value is -3.12. The van der Waals surface area contributed by atoms with E-state index in [2.05, 4.69) is 57.9 Å². The molecular formula is C26H26BrN3O2. The number of ether oxygens (including phenoxy) is 1. The van der Waals surface area contributed by atoms with Crippen LogP contribution in [0, 0.1) is 13.8 Å². The van der Waals surface area contributed by atoms with Crippen molar-refractivity contribution in [3.8, 4) is 5.75 Å². The molecule has 0 spiro atoms. The zero-order chi connectivity index (χ0) is 22.5. The minimum atomic E-state index is -0.122. The van der Waals surface area contributed by atoms with E-state index in [9.17, 15) is 4.79 Å². The van der Waals surface area contributed by atoms with Crippen molar-refractivity contribution in [3.63, 3.8) is 0 Å². The summed E-state index contributed by atoms with van der Waals surface area (Å²) in [6.45, 7) is 5.88. The third-order valence-corrected chi connectivity index (χ3v) is 5.83. The number of carbonyl (C=O) groups excluding carboxylic acids is 1. The summed E-state index contributed by atoms with van der Waals surface area (Å²) in [6, 6.07) is 21.6. The number of fused-ring (bicyclic) bond motifs is 1. The molecule has 1 aromatic heterocycles. The zero-order valence-electron chi connectivity index (χ0n) is 18.3. The standard InChI is InChI=1S/C26H26BrN3O2/c1-18-11-12-24(19(2)15-18)32-14-6-13-30-23-10-4-3-9-22(23)29-25(30)17-28-26(31)20-7-5-8-21(27)16-20/h3-5,7-12,15-16H,6,13-14,17H2,1-2H3,(H,28,31). The van der Waals surface area contributed by atoms with E-state index < -0.39 is 0 Å². The van der Waals surface area contributed by atoms with Gasteiger partial charge in [-0.3, -0.25) is 4.79 Å². The second-order valence-corrected chi connectivity index (χ2v) is 8.75. The van der Waals surface area contributed by atoms with Crippen LogP contribution in [-0.2, 0) is 13.1 Å². The number of rotatable bonds is 8. The Labute approximate surface area is 196 Å². The number of halogens is 1. The number of amides is 1. The third-order valence-electron chi connectivity index (χ3n) is 5.34. The number of nitrogens with zero attached hydrogens (tertiary/aromatic N) is 2. The van der Waals surface area contributed by atoms with Gasteiger partial charge < -0.3 is 14.6 Å². The first-order valence-corrected chi connectivity index (χ1v) is 11.5. The average Bonchev–Trinajstić information content (AvgIpc) is 3.13. The van der Waals surface area contributed by atoms with Gasteiger partial charge in [-0.05, 0) is 62.2 Å². The van der Waals surface area contributed by atoms with Crippen LogP contribution in [0.15, 0.2) is 71.2 Å². The maximum atomic E-state index is 12.6. The maximum absolute atomic E-state index is 12.6. The number of imidazole rings is 1. The first-order valence-electron chi connectivity index (χ1n) is 10.7. The highest BCUT2D eigenvalue weighted by Crippen LogP contribution is 2.20. The smallest absolute Gasteiger partial charge is 0.251 e. The fraction of sp³-hybridized carbons (Fsp3) is 0.231. The van der Waals surface area contributed by atoms with E-state index in [1.54, 1.807) is 6.07 Å². The average molecular weight is 492 g/mol. The van der Waals surface area contributed by atoms with Gasteiger partial charge in [-0.2, -0.15) is 0 Å². The number of hydrogen-bond donors (Lipinski definition) is 1. The number of para-hydroxylation sites is 2. The number of aryl methyl sites for hydroxylation is 3. The lowest BCUT2D eigenvalue weighted by molar-refractivity contribution is 0.0949. The molecule has 4 aromatic rings. The minimum absolute atomic E-state index is 0.122. The molecule has 3 aromatic carbocycles. The second kappa shape index (κ2) is 10.0. The third kappa shape index (κ3) is 5.19. The van der Waals surface area contributed by atoms with E-state index in [1.165, 1.54) is 5.56 Å². The van der Waals surface area contributed by atoms with Crippen molar-refractivity contribution < 1.29 is 9.53 Å². The summed E-state index contributed by atoms with van der Waals surface area (Å²) >= 11 is 3.41. The van der Waals surface area contributed by atoms with Gasteiger partial charge in [-0.25, -0.2) is 4.98 Å². The largest absolute Gasteiger partial charge is 0.493 e. The van der Waals surface area contributed by atoms with Crippen molar-refractivity contribution in [3.05, 3.63) is 93.7 Å². The van der Waals surface area contributed by atoms with E-state index >= 15 is 0 Å². The lowest BCUT2D eigenvalue weighted by Crippen LogP contribution is -2.25. The highest BCUT2D eigenvalue weighted by Gasteiger charge is 2.13. The molecule has 0 saturated heterocycles. The van der Waals surface area contributed by atoms with Crippen LogP contribution in [0.25, 0.3) is 11.0 Å². The molecule has 1 N–H and O–H groups in total. The molecule has 1 heterocycles. The molecule has 0 aliphatic rings. The first kappa shape index (κ1) is 22.1. The van der Waals surface area contributed by atoms with Gasteiger partial charge in [0.1, 0.15) is 11.6 Å². The van der Waals surface area contributed by atoms with E-state index in [0.717, 1.165) is 45.6 Å². The van der Waals surface area contributed by atoms with Crippen LogP contribution in [0.5, 0.6) is 5.75 Å². The SMILES string of the molecule is Cc1ccc(OCCCn2c(CNC(=O)c3cccc(Br)c3)nc3ccccc32)c(C)c1. The van der Waals surface area contributed by atoms with Crippen LogP contribution in [0.2, 0.25) is 0 Å².